The molecule has 0 aliphatic heterocycles. The Bertz CT molecular complexity index is 384. The van der Waals surface area contributed by atoms with Crippen molar-refractivity contribution in [1.29, 1.82) is 0 Å². The smallest absolute Gasteiger partial charge is 0.338 e. The summed E-state index contributed by atoms with van der Waals surface area (Å²) in [7, 11) is 4.18. The van der Waals surface area contributed by atoms with Gasteiger partial charge in [0.25, 0.3) is 0 Å². The van der Waals surface area contributed by atoms with Crippen molar-refractivity contribution in [2.24, 2.45) is 5.73 Å². The SMILES string of the molecule is CNC(C)(C)/C(N)=C/C(=CC(=O)OC)C(=O)OC. The number of likely N-dealkylation sites (N-methyl/N-ethyl adjacent to an activating group) is 1. The van der Waals surface area contributed by atoms with Gasteiger partial charge in [-0.15, -0.1) is 0 Å². The van der Waals surface area contributed by atoms with Crippen LogP contribution >= 0.6 is 0 Å². The summed E-state index contributed by atoms with van der Waals surface area (Å²) in [6.45, 7) is 3.68. The topological polar surface area (TPSA) is 90.6 Å². The fourth-order valence-electron chi connectivity index (χ4n) is 0.956. The fourth-order valence-corrected chi connectivity index (χ4v) is 0.956. The molecule has 0 heterocycles. The van der Waals surface area contributed by atoms with Crippen LogP contribution in [-0.2, 0) is 19.1 Å². The van der Waals surface area contributed by atoms with Crippen molar-refractivity contribution in [3.05, 3.63) is 23.4 Å². The van der Waals surface area contributed by atoms with E-state index >= 15 is 0 Å². The van der Waals surface area contributed by atoms with Gasteiger partial charge in [-0.1, -0.05) is 0 Å². The molecule has 0 aromatic heterocycles. The highest BCUT2D eigenvalue weighted by Crippen LogP contribution is 2.13. The van der Waals surface area contributed by atoms with E-state index < -0.39 is 17.5 Å². The molecule has 18 heavy (non-hydrogen) atoms. The summed E-state index contributed by atoms with van der Waals surface area (Å²) in [5.74, 6) is -1.31. The average molecular weight is 256 g/mol. The fraction of sp³-hybridized carbons (Fsp3) is 0.500. The van der Waals surface area contributed by atoms with Crippen molar-refractivity contribution in [3.63, 3.8) is 0 Å². The molecule has 0 aliphatic carbocycles. The first-order valence-electron chi connectivity index (χ1n) is 5.33. The van der Waals surface area contributed by atoms with Crippen LogP contribution in [0.15, 0.2) is 23.4 Å². The molecule has 0 fully saturated rings. The summed E-state index contributed by atoms with van der Waals surface area (Å²) in [4.78, 5) is 22.6. The van der Waals surface area contributed by atoms with Crippen molar-refractivity contribution in [1.82, 2.24) is 5.32 Å². The van der Waals surface area contributed by atoms with E-state index in [0.717, 1.165) is 6.08 Å². The molecule has 0 saturated carbocycles. The van der Waals surface area contributed by atoms with Crippen LogP contribution in [0.25, 0.3) is 0 Å². The van der Waals surface area contributed by atoms with Crippen LogP contribution in [0.3, 0.4) is 0 Å². The zero-order valence-corrected chi connectivity index (χ0v) is 11.4. The van der Waals surface area contributed by atoms with E-state index in [9.17, 15) is 9.59 Å². The molecule has 0 amide bonds. The number of rotatable bonds is 5. The molecular formula is C12H20N2O4. The number of ether oxygens (including phenoxy) is 2. The molecule has 6 heteroatoms. The van der Waals surface area contributed by atoms with Gasteiger partial charge in [-0.3, -0.25) is 0 Å². The Labute approximate surface area is 107 Å². The van der Waals surface area contributed by atoms with Crippen LogP contribution in [0.5, 0.6) is 0 Å². The molecule has 6 nitrogen and oxygen atoms in total. The Hall–Kier alpha value is -1.82. The lowest BCUT2D eigenvalue weighted by Crippen LogP contribution is -2.41. The summed E-state index contributed by atoms with van der Waals surface area (Å²) >= 11 is 0. The highest BCUT2D eigenvalue weighted by Gasteiger charge is 2.20. The van der Waals surface area contributed by atoms with Crippen molar-refractivity contribution in [2.75, 3.05) is 21.3 Å². The maximum Gasteiger partial charge on any atom is 0.338 e. The maximum atomic E-state index is 11.5. The first kappa shape index (κ1) is 16.2. The number of nitrogens with two attached hydrogens (primary N) is 1. The molecule has 0 spiro atoms. The number of esters is 2. The van der Waals surface area contributed by atoms with Gasteiger partial charge >= 0.3 is 11.9 Å². The van der Waals surface area contributed by atoms with Gasteiger partial charge in [0, 0.05) is 11.8 Å². The second-order valence-electron chi connectivity index (χ2n) is 4.09. The highest BCUT2D eigenvalue weighted by atomic mass is 16.5. The molecule has 0 radical (unpaired) electrons. The minimum Gasteiger partial charge on any atom is -0.466 e. The second-order valence-corrected chi connectivity index (χ2v) is 4.09. The van der Waals surface area contributed by atoms with Crippen molar-refractivity contribution >= 4 is 11.9 Å². The van der Waals surface area contributed by atoms with Gasteiger partial charge in [-0.25, -0.2) is 9.59 Å². The number of hydrogen-bond donors (Lipinski definition) is 2. The van der Waals surface area contributed by atoms with Crippen LogP contribution in [-0.4, -0.2) is 38.7 Å². The Morgan fingerprint density at radius 1 is 1.17 bits per heavy atom. The van der Waals surface area contributed by atoms with Gasteiger partial charge < -0.3 is 20.5 Å². The molecule has 0 bridgehead atoms. The molecular weight excluding hydrogens is 236 g/mol. The third-order valence-electron chi connectivity index (χ3n) is 2.55. The standard InChI is InChI=1S/C12H20N2O4/c1-12(2,14-3)9(13)6-8(11(16)18-5)7-10(15)17-4/h6-7,14H,13H2,1-5H3/b8-7?,9-6-. The zero-order valence-electron chi connectivity index (χ0n) is 11.4. The minimum absolute atomic E-state index is 0.0326. The molecule has 0 saturated heterocycles. The number of hydrogen-bond acceptors (Lipinski definition) is 6. The van der Waals surface area contributed by atoms with Crippen LogP contribution in [0.4, 0.5) is 0 Å². The first-order valence-corrected chi connectivity index (χ1v) is 5.33. The number of carbonyl (C=O) groups excluding carboxylic acids is 2. The van der Waals surface area contributed by atoms with Gasteiger partial charge in [0.2, 0.25) is 0 Å². The number of carbonyl (C=O) groups is 2. The van der Waals surface area contributed by atoms with Gasteiger partial charge in [0.1, 0.15) is 0 Å². The minimum atomic E-state index is -0.657. The third kappa shape index (κ3) is 4.58. The lowest BCUT2D eigenvalue weighted by molar-refractivity contribution is -0.138. The molecule has 0 aliphatic rings. The second kappa shape index (κ2) is 6.80. The van der Waals surface area contributed by atoms with Crippen molar-refractivity contribution in [3.8, 4) is 0 Å². The van der Waals surface area contributed by atoms with Crippen LogP contribution in [0.2, 0.25) is 0 Å². The quantitative estimate of drug-likeness (QED) is 0.412. The van der Waals surface area contributed by atoms with E-state index in [4.69, 9.17) is 5.73 Å². The Balaban J connectivity index is 5.38. The van der Waals surface area contributed by atoms with Crippen LogP contribution in [0, 0.1) is 0 Å². The highest BCUT2D eigenvalue weighted by molar-refractivity contribution is 5.98. The summed E-state index contributed by atoms with van der Waals surface area (Å²) in [6, 6.07) is 0. The largest absolute Gasteiger partial charge is 0.466 e. The van der Waals surface area contributed by atoms with Gasteiger partial charge in [0.15, 0.2) is 0 Å². The first-order chi connectivity index (χ1) is 8.28. The Kier molecular flexibility index (Phi) is 6.12. The molecule has 0 aromatic carbocycles. The van der Waals surface area contributed by atoms with Crippen molar-refractivity contribution in [2.45, 2.75) is 19.4 Å². The number of nitrogens with one attached hydrogen (secondary N) is 1. The molecule has 0 atom stereocenters. The van der Waals surface area contributed by atoms with Gasteiger partial charge in [-0.2, -0.15) is 0 Å². The Morgan fingerprint density at radius 3 is 2.11 bits per heavy atom. The predicted molar refractivity (Wildman–Crippen MR) is 67.5 cm³/mol. The van der Waals surface area contributed by atoms with Crippen molar-refractivity contribution < 1.29 is 19.1 Å². The van der Waals surface area contributed by atoms with E-state index in [0.29, 0.717) is 5.70 Å². The molecule has 3 N–H and O–H groups in total. The summed E-state index contributed by atoms with van der Waals surface area (Å²) in [5.41, 5.74) is 5.79. The number of methoxy groups -OCH3 is 2. The van der Waals surface area contributed by atoms with Crippen LogP contribution < -0.4 is 11.1 Å². The molecule has 0 unspecified atom stereocenters. The van der Waals surface area contributed by atoms with Crippen LogP contribution in [0.1, 0.15) is 13.8 Å². The zero-order chi connectivity index (χ0) is 14.3. The van der Waals surface area contributed by atoms with E-state index in [-0.39, 0.29) is 5.57 Å². The summed E-state index contributed by atoms with van der Waals surface area (Å²) in [5, 5.41) is 2.98. The maximum absolute atomic E-state index is 11.5. The molecule has 102 valence electrons. The third-order valence-corrected chi connectivity index (χ3v) is 2.55. The van der Waals surface area contributed by atoms with Gasteiger partial charge in [-0.05, 0) is 27.0 Å². The summed E-state index contributed by atoms with van der Waals surface area (Å²) < 4.78 is 9.03. The predicted octanol–water partition coefficient (Wildman–Crippen LogP) is 0.0994. The summed E-state index contributed by atoms with van der Waals surface area (Å²) in [6.07, 6.45) is 2.42. The van der Waals surface area contributed by atoms with E-state index in [1.54, 1.807) is 7.05 Å². The van der Waals surface area contributed by atoms with Gasteiger partial charge in [0.05, 0.1) is 25.3 Å². The monoisotopic (exact) mass is 256 g/mol. The van der Waals surface area contributed by atoms with E-state index in [2.05, 4.69) is 14.8 Å². The Morgan fingerprint density at radius 2 is 1.72 bits per heavy atom. The normalized spacial score (nSPS) is 13.2. The average Bonchev–Trinajstić information content (AvgIpc) is 2.36. The van der Waals surface area contributed by atoms with E-state index in [1.165, 1.54) is 20.3 Å². The lowest BCUT2D eigenvalue weighted by Gasteiger charge is -2.24. The molecule has 0 aromatic rings. The van der Waals surface area contributed by atoms with E-state index in [1.807, 2.05) is 13.8 Å². The molecule has 0 rings (SSSR count). The lowest BCUT2D eigenvalue weighted by atomic mass is 9.99.